The molecule has 1 heterocycles. The first-order valence-corrected chi connectivity index (χ1v) is 4.10. The van der Waals surface area contributed by atoms with Gasteiger partial charge in [-0.15, -0.1) is 0 Å². The van der Waals surface area contributed by atoms with E-state index in [-0.39, 0.29) is 6.04 Å². The third-order valence-corrected chi connectivity index (χ3v) is 2.27. The van der Waals surface area contributed by atoms with Gasteiger partial charge in [0.2, 0.25) is 5.88 Å². The second kappa shape index (κ2) is 2.75. The number of methoxy groups -OCH3 is 1. The van der Waals surface area contributed by atoms with Gasteiger partial charge in [0.1, 0.15) is 0 Å². The van der Waals surface area contributed by atoms with Gasteiger partial charge in [0.15, 0.2) is 0 Å². The third kappa shape index (κ3) is 1.06. The summed E-state index contributed by atoms with van der Waals surface area (Å²) in [6.45, 7) is 0. The molecular weight excluding hydrogens is 152 g/mol. The van der Waals surface area contributed by atoms with Crippen molar-refractivity contribution in [2.24, 2.45) is 5.73 Å². The van der Waals surface area contributed by atoms with E-state index in [4.69, 9.17) is 10.5 Å². The molecule has 0 amide bonds. The molecule has 1 unspecified atom stereocenters. The summed E-state index contributed by atoms with van der Waals surface area (Å²) < 4.78 is 5.02. The van der Waals surface area contributed by atoms with Gasteiger partial charge >= 0.3 is 0 Å². The average molecular weight is 164 g/mol. The minimum atomic E-state index is 0.107. The third-order valence-electron chi connectivity index (χ3n) is 2.27. The molecule has 2 N–H and O–H groups in total. The number of fused-ring (bicyclic) bond motifs is 1. The predicted octanol–water partition coefficient (Wildman–Crippen LogP) is 1.04. The summed E-state index contributed by atoms with van der Waals surface area (Å²) in [4.78, 5) is 4.31. The molecule has 3 nitrogen and oxygen atoms in total. The van der Waals surface area contributed by atoms with Crippen LogP contribution in [0.3, 0.4) is 0 Å². The van der Waals surface area contributed by atoms with Gasteiger partial charge in [-0.3, -0.25) is 0 Å². The smallest absolute Gasteiger partial charge is 0.213 e. The fourth-order valence-electron chi connectivity index (χ4n) is 1.58. The molecule has 64 valence electrons. The van der Waals surface area contributed by atoms with Crippen LogP contribution < -0.4 is 10.5 Å². The molecule has 0 spiro atoms. The standard InChI is InChI=1S/C9H12N2O/c1-12-8-5-3-6-2-4-7(10)9(6)11-8/h3,5,7H,2,4,10H2,1H3. The summed E-state index contributed by atoms with van der Waals surface area (Å²) in [7, 11) is 1.62. The Morgan fingerprint density at radius 2 is 2.42 bits per heavy atom. The lowest BCUT2D eigenvalue weighted by Gasteiger charge is -2.05. The van der Waals surface area contributed by atoms with Crippen LogP contribution in [0, 0.1) is 0 Å². The number of aryl methyl sites for hydroxylation is 1. The molecule has 0 aliphatic heterocycles. The Morgan fingerprint density at radius 3 is 3.17 bits per heavy atom. The minimum Gasteiger partial charge on any atom is -0.481 e. The van der Waals surface area contributed by atoms with Gasteiger partial charge < -0.3 is 10.5 Å². The maximum Gasteiger partial charge on any atom is 0.213 e. The van der Waals surface area contributed by atoms with Gasteiger partial charge in [0.25, 0.3) is 0 Å². The quantitative estimate of drug-likeness (QED) is 0.674. The van der Waals surface area contributed by atoms with Gasteiger partial charge in [-0.05, 0) is 18.4 Å². The second-order valence-corrected chi connectivity index (χ2v) is 3.04. The molecule has 0 fully saturated rings. The summed E-state index contributed by atoms with van der Waals surface area (Å²) in [5, 5.41) is 0. The molecule has 0 radical (unpaired) electrons. The number of rotatable bonds is 1. The van der Waals surface area contributed by atoms with Crippen molar-refractivity contribution in [3.63, 3.8) is 0 Å². The SMILES string of the molecule is COc1ccc2c(n1)C(N)CC2. The molecule has 1 aromatic rings. The van der Waals surface area contributed by atoms with Crippen molar-refractivity contribution in [2.45, 2.75) is 18.9 Å². The monoisotopic (exact) mass is 164 g/mol. The molecule has 2 rings (SSSR count). The van der Waals surface area contributed by atoms with Crippen LogP contribution in [0.4, 0.5) is 0 Å². The Bertz CT molecular complexity index is 299. The number of nitrogens with zero attached hydrogens (tertiary/aromatic N) is 1. The van der Waals surface area contributed by atoms with E-state index in [1.165, 1.54) is 5.56 Å². The van der Waals surface area contributed by atoms with Crippen molar-refractivity contribution < 1.29 is 4.74 Å². The van der Waals surface area contributed by atoms with Gasteiger partial charge in [0, 0.05) is 12.1 Å². The maximum atomic E-state index is 5.85. The molecule has 0 saturated carbocycles. The van der Waals surface area contributed by atoms with E-state index in [0.717, 1.165) is 18.5 Å². The molecule has 1 aromatic heterocycles. The van der Waals surface area contributed by atoms with Crippen LogP contribution in [0.1, 0.15) is 23.7 Å². The topological polar surface area (TPSA) is 48.1 Å². The highest BCUT2D eigenvalue weighted by Crippen LogP contribution is 2.28. The summed E-state index contributed by atoms with van der Waals surface area (Å²) >= 11 is 0. The van der Waals surface area contributed by atoms with Crippen molar-refractivity contribution in [1.29, 1.82) is 0 Å². The highest BCUT2D eigenvalue weighted by molar-refractivity contribution is 5.31. The largest absolute Gasteiger partial charge is 0.481 e. The van der Waals surface area contributed by atoms with Crippen LogP contribution in [0.2, 0.25) is 0 Å². The number of nitrogens with two attached hydrogens (primary N) is 1. The zero-order valence-corrected chi connectivity index (χ0v) is 7.08. The number of pyridine rings is 1. The average Bonchev–Trinajstić information content (AvgIpc) is 2.47. The van der Waals surface area contributed by atoms with E-state index in [9.17, 15) is 0 Å². The van der Waals surface area contributed by atoms with Crippen LogP contribution in [-0.4, -0.2) is 12.1 Å². The molecule has 1 aliphatic carbocycles. The van der Waals surface area contributed by atoms with Crippen molar-refractivity contribution in [3.05, 3.63) is 23.4 Å². The predicted molar refractivity (Wildman–Crippen MR) is 46.0 cm³/mol. The maximum absolute atomic E-state index is 5.85. The van der Waals surface area contributed by atoms with Crippen molar-refractivity contribution >= 4 is 0 Å². The molecule has 3 heteroatoms. The Labute approximate surface area is 71.6 Å². The van der Waals surface area contributed by atoms with Crippen LogP contribution >= 0.6 is 0 Å². The summed E-state index contributed by atoms with van der Waals surface area (Å²) in [6.07, 6.45) is 2.06. The minimum absolute atomic E-state index is 0.107. The lowest BCUT2D eigenvalue weighted by molar-refractivity contribution is 0.395. The highest BCUT2D eigenvalue weighted by Gasteiger charge is 2.20. The van der Waals surface area contributed by atoms with Gasteiger partial charge in [-0.25, -0.2) is 4.98 Å². The number of hydrogen-bond donors (Lipinski definition) is 1. The number of aromatic nitrogens is 1. The van der Waals surface area contributed by atoms with Crippen LogP contribution in [0.5, 0.6) is 5.88 Å². The lowest BCUT2D eigenvalue weighted by atomic mass is 10.2. The molecule has 0 aromatic carbocycles. The van der Waals surface area contributed by atoms with Crippen LogP contribution in [0.25, 0.3) is 0 Å². The fraction of sp³-hybridized carbons (Fsp3) is 0.444. The number of ether oxygens (including phenoxy) is 1. The zero-order chi connectivity index (χ0) is 8.55. The van der Waals surface area contributed by atoms with E-state index in [1.54, 1.807) is 7.11 Å². The zero-order valence-electron chi connectivity index (χ0n) is 7.08. The van der Waals surface area contributed by atoms with E-state index in [0.29, 0.717) is 5.88 Å². The Morgan fingerprint density at radius 1 is 1.58 bits per heavy atom. The summed E-state index contributed by atoms with van der Waals surface area (Å²) in [5.74, 6) is 0.658. The van der Waals surface area contributed by atoms with Crippen molar-refractivity contribution in [1.82, 2.24) is 4.98 Å². The van der Waals surface area contributed by atoms with E-state index < -0.39 is 0 Å². The van der Waals surface area contributed by atoms with E-state index in [1.807, 2.05) is 12.1 Å². The van der Waals surface area contributed by atoms with Gasteiger partial charge in [0.05, 0.1) is 12.8 Å². The van der Waals surface area contributed by atoms with Crippen molar-refractivity contribution in [2.75, 3.05) is 7.11 Å². The molecule has 1 aliphatic rings. The molecule has 0 bridgehead atoms. The van der Waals surface area contributed by atoms with Crippen LogP contribution in [0.15, 0.2) is 12.1 Å². The first kappa shape index (κ1) is 7.55. The van der Waals surface area contributed by atoms with Gasteiger partial charge in [-0.2, -0.15) is 0 Å². The Kier molecular flexibility index (Phi) is 1.73. The van der Waals surface area contributed by atoms with Crippen LogP contribution in [-0.2, 0) is 6.42 Å². The summed E-state index contributed by atoms with van der Waals surface area (Å²) in [6, 6.07) is 4.04. The highest BCUT2D eigenvalue weighted by atomic mass is 16.5. The fourth-order valence-corrected chi connectivity index (χ4v) is 1.58. The Hall–Kier alpha value is -1.09. The molecule has 1 atom stereocenters. The normalized spacial score (nSPS) is 20.7. The molecule has 12 heavy (non-hydrogen) atoms. The van der Waals surface area contributed by atoms with Gasteiger partial charge in [-0.1, -0.05) is 6.07 Å². The first-order valence-electron chi connectivity index (χ1n) is 4.10. The lowest BCUT2D eigenvalue weighted by Crippen LogP contribution is -2.07. The first-order chi connectivity index (χ1) is 5.81. The summed E-state index contributed by atoms with van der Waals surface area (Å²) in [5.41, 5.74) is 8.13. The van der Waals surface area contributed by atoms with E-state index in [2.05, 4.69) is 4.98 Å². The molecular formula is C9H12N2O. The Balaban J connectivity index is 2.43. The second-order valence-electron chi connectivity index (χ2n) is 3.04. The van der Waals surface area contributed by atoms with Crippen molar-refractivity contribution in [3.8, 4) is 5.88 Å². The molecule has 0 saturated heterocycles. The number of hydrogen-bond acceptors (Lipinski definition) is 3. The van der Waals surface area contributed by atoms with E-state index >= 15 is 0 Å².